The molecule has 116 valence electrons. The molecule has 0 saturated carbocycles. The van der Waals surface area contributed by atoms with E-state index < -0.39 is 0 Å². The number of carbonyl (C=O) groups is 1. The lowest BCUT2D eigenvalue weighted by molar-refractivity contribution is 0.143. The van der Waals surface area contributed by atoms with Crippen molar-refractivity contribution in [1.29, 1.82) is 0 Å². The number of thiophene rings is 1. The summed E-state index contributed by atoms with van der Waals surface area (Å²) in [5.74, 6) is 0. The molecule has 1 saturated heterocycles. The zero-order chi connectivity index (χ0) is 15.4. The smallest absolute Gasteiger partial charge is 0.321 e. The summed E-state index contributed by atoms with van der Waals surface area (Å²) in [6.07, 6.45) is 0. The standard InChI is InChI=1S/C16H18ClN3OS/c17-13-3-5-14(6-4-13)18-16(21)20-9-7-19(8-10-20)12-15-2-1-11-22-15/h1-6,11H,7-10,12H2,(H,18,21). The Morgan fingerprint density at radius 1 is 1.14 bits per heavy atom. The summed E-state index contributed by atoms with van der Waals surface area (Å²) in [6, 6.07) is 11.4. The van der Waals surface area contributed by atoms with E-state index in [2.05, 4.69) is 27.7 Å². The zero-order valence-corrected chi connectivity index (χ0v) is 13.7. The molecule has 0 spiro atoms. The van der Waals surface area contributed by atoms with Gasteiger partial charge >= 0.3 is 6.03 Å². The highest BCUT2D eigenvalue weighted by atomic mass is 35.5. The minimum Gasteiger partial charge on any atom is -0.322 e. The second kappa shape index (κ2) is 7.13. The van der Waals surface area contributed by atoms with E-state index in [-0.39, 0.29) is 6.03 Å². The summed E-state index contributed by atoms with van der Waals surface area (Å²) >= 11 is 7.62. The third-order valence-corrected chi connectivity index (χ3v) is 4.83. The third kappa shape index (κ3) is 4.00. The number of carbonyl (C=O) groups excluding carboxylic acids is 1. The van der Waals surface area contributed by atoms with Crippen LogP contribution in [0.3, 0.4) is 0 Å². The maximum absolute atomic E-state index is 12.2. The van der Waals surface area contributed by atoms with E-state index in [4.69, 9.17) is 11.6 Å². The second-order valence-corrected chi connectivity index (χ2v) is 6.75. The molecule has 2 aromatic rings. The number of anilines is 1. The normalized spacial score (nSPS) is 15.8. The van der Waals surface area contributed by atoms with Crippen molar-refractivity contribution in [2.75, 3.05) is 31.5 Å². The number of nitrogens with zero attached hydrogens (tertiary/aromatic N) is 2. The number of urea groups is 1. The molecule has 4 nitrogen and oxygen atoms in total. The lowest BCUT2D eigenvalue weighted by atomic mass is 10.3. The van der Waals surface area contributed by atoms with E-state index in [1.165, 1.54) is 4.88 Å². The molecular formula is C16H18ClN3OS. The number of halogens is 1. The molecule has 0 unspecified atom stereocenters. The Morgan fingerprint density at radius 3 is 2.50 bits per heavy atom. The maximum Gasteiger partial charge on any atom is 0.321 e. The van der Waals surface area contributed by atoms with Gasteiger partial charge < -0.3 is 10.2 Å². The molecule has 3 rings (SSSR count). The molecule has 0 atom stereocenters. The molecule has 1 aromatic heterocycles. The van der Waals surface area contributed by atoms with Gasteiger partial charge in [-0.1, -0.05) is 17.7 Å². The Kier molecular flexibility index (Phi) is 4.97. The first-order valence-electron chi connectivity index (χ1n) is 7.27. The lowest BCUT2D eigenvalue weighted by Gasteiger charge is -2.34. The average Bonchev–Trinajstić information content (AvgIpc) is 3.03. The van der Waals surface area contributed by atoms with Gasteiger partial charge in [0.15, 0.2) is 0 Å². The molecule has 1 fully saturated rings. The van der Waals surface area contributed by atoms with E-state index in [0.717, 1.165) is 38.4 Å². The summed E-state index contributed by atoms with van der Waals surface area (Å²) in [4.78, 5) is 17.9. The highest BCUT2D eigenvalue weighted by Gasteiger charge is 2.21. The van der Waals surface area contributed by atoms with Gasteiger partial charge in [0.1, 0.15) is 0 Å². The van der Waals surface area contributed by atoms with Crippen LogP contribution in [0.25, 0.3) is 0 Å². The largest absolute Gasteiger partial charge is 0.322 e. The Morgan fingerprint density at radius 2 is 1.86 bits per heavy atom. The number of benzene rings is 1. The Bertz CT molecular complexity index is 607. The predicted octanol–water partition coefficient (Wildman–Crippen LogP) is 3.75. The fourth-order valence-corrected chi connectivity index (χ4v) is 3.34. The minimum absolute atomic E-state index is 0.0434. The van der Waals surface area contributed by atoms with Crippen molar-refractivity contribution >= 4 is 34.7 Å². The van der Waals surface area contributed by atoms with Crippen LogP contribution >= 0.6 is 22.9 Å². The number of piperazine rings is 1. The van der Waals surface area contributed by atoms with Crippen LogP contribution in [0.1, 0.15) is 4.88 Å². The molecule has 2 heterocycles. The van der Waals surface area contributed by atoms with Gasteiger partial charge in [0.05, 0.1) is 0 Å². The molecule has 0 aliphatic carbocycles. The van der Waals surface area contributed by atoms with Gasteiger partial charge in [-0.3, -0.25) is 4.90 Å². The fraction of sp³-hybridized carbons (Fsp3) is 0.312. The summed E-state index contributed by atoms with van der Waals surface area (Å²) in [5, 5.41) is 5.68. The molecule has 1 aromatic carbocycles. The van der Waals surface area contributed by atoms with Gasteiger partial charge in [-0.15, -0.1) is 11.3 Å². The van der Waals surface area contributed by atoms with Gasteiger partial charge in [0.2, 0.25) is 0 Å². The van der Waals surface area contributed by atoms with Crippen LogP contribution in [-0.2, 0) is 6.54 Å². The SMILES string of the molecule is O=C(Nc1ccc(Cl)cc1)N1CCN(Cc2cccs2)CC1. The first kappa shape index (κ1) is 15.3. The minimum atomic E-state index is -0.0434. The van der Waals surface area contributed by atoms with Crippen molar-refractivity contribution in [2.24, 2.45) is 0 Å². The van der Waals surface area contributed by atoms with E-state index in [1.54, 1.807) is 23.5 Å². The highest BCUT2D eigenvalue weighted by molar-refractivity contribution is 7.09. The molecule has 1 N–H and O–H groups in total. The van der Waals surface area contributed by atoms with E-state index >= 15 is 0 Å². The van der Waals surface area contributed by atoms with Crippen molar-refractivity contribution in [3.05, 3.63) is 51.7 Å². The molecule has 6 heteroatoms. The van der Waals surface area contributed by atoms with Gasteiger partial charge in [0.25, 0.3) is 0 Å². The van der Waals surface area contributed by atoms with Crippen molar-refractivity contribution in [3.63, 3.8) is 0 Å². The van der Waals surface area contributed by atoms with E-state index in [9.17, 15) is 4.79 Å². The van der Waals surface area contributed by atoms with Gasteiger partial charge in [0, 0.05) is 48.3 Å². The van der Waals surface area contributed by atoms with Crippen LogP contribution in [0.4, 0.5) is 10.5 Å². The van der Waals surface area contributed by atoms with Crippen molar-refractivity contribution in [2.45, 2.75) is 6.54 Å². The number of nitrogens with one attached hydrogen (secondary N) is 1. The number of hydrogen-bond acceptors (Lipinski definition) is 3. The summed E-state index contributed by atoms with van der Waals surface area (Å²) in [6.45, 7) is 4.30. The molecule has 2 amide bonds. The maximum atomic E-state index is 12.2. The predicted molar refractivity (Wildman–Crippen MR) is 91.6 cm³/mol. The lowest BCUT2D eigenvalue weighted by Crippen LogP contribution is -2.49. The third-order valence-electron chi connectivity index (χ3n) is 3.71. The monoisotopic (exact) mass is 335 g/mol. The van der Waals surface area contributed by atoms with E-state index in [0.29, 0.717) is 5.02 Å². The number of hydrogen-bond donors (Lipinski definition) is 1. The van der Waals surface area contributed by atoms with E-state index in [1.807, 2.05) is 17.0 Å². The fourth-order valence-electron chi connectivity index (χ4n) is 2.47. The van der Waals surface area contributed by atoms with Crippen LogP contribution in [0, 0.1) is 0 Å². The van der Waals surface area contributed by atoms with Crippen molar-refractivity contribution in [1.82, 2.24) is 9.80 Å². The second-order valence-electron chi connectivity index (χ2n) is 5.28. The van der Waals surface area contributed by atoms with Crippen LogP contribution in [0.15, 0.2) is 41.8 Å². The highest BCUT2D eigenvalue weighted by Crippen LogP contribution is 2.16. The van der Waals surface area contributed by atoms with Gasteiger partial charge in [-0.25, -0.2) is 4.79 Å². The topological polar surface area (TPSA) is 35.6 Å². The van der Waals surface area contributed by atoms with Gasteiger partial charge in [-0.2, -0.15) is 0 Å². The Balaban J connectivity index is 1.48. The van der Waals surface area contributed by atoms with Crippen LogP contribution in [0.5, 0.6) is 0 Å². The quantitative estimate of drug-likeness (QED) is 0.927. The van der Waals surface area contributed by atoms with Crippen molar-refractivity contribution in [3.8, 4) is 0 Å². The molecule has 0 radical (unpaired) electrons. The molecule has 22 heavy (non-hydrogen) atoms. The summed E-state index contributed by atoms with van der Waals surface area (Å²) < 4.78 is 0. The van der Waals surface area contributed by atoms with Crippen LogP contribution < -0.4 is 5.32 Å². The number of rotatable bonds is 3. The number of amides is 2. The average molecular weight is 336 g/mol. The zero-order valence-electron chi connectivity index (χ0n) is 12.2. The first-order chi connectivity index (χ1) is 10.7. The molecule has 1 aliphatic rings. The van der Waals surface area contributed by atoms with Crippen LogP contribution in [-0.4, -0.2) is 42.0 Å². The Labute approximate surface area is 139 Å². The first-order valence-corrected chi connectivity index (χ1v) is 8.53. The Hall–Kier alpha value is -1.56. The summed E-state index contributed by atoms with van der Waals surface area (Å²) in [7, 11) is 0. The summed E-state index contributed by atoms with van der Waals surface area (Å²) in [5.41, 5.74) is 0.774. The van der Waals surface area contributed by atoms with Crippen molar-refractivity contribution < 1.29 is 4.79 Å². The molecular weight excluding hydrogens is 318 g/mol. The van der Waals surface area contributed by atoms with Crippen LogP contribution in [0.2, 0.25) is 5.02 Å². The molecule has 0 bridgehead atoms. The van der Waals surface area contributed by atoms with Gasteiger partial charge in [-0.05, 0) is 35.7 Å². The molecule has 1 aliphatic heterocycles.